The molecule has 0 saturated carbocycles. The van der Waals surface area contributed by atoms with Crippen molar-refractivity contribution in [2.75, 3.05) is 44.3 Å². The maximum Gasteiger partial charge on any atom is 0.294 e. The van der Waals surface area contributed by atoms with Crippen LogP contribution < -0.4 is 19.7 Å². The van der Waals surface area contributed by atoms with Gasteiger partial charge in [-0.15, -0.1) is 0 Å². The number of carbonyl (C=O) groups excluding carboxylic acids is 2. The zero-order valence-electron chi connectivity index (χ0n) is 21.5. The molecule has 2 aromatic carbocycles. The first-order valence-electron chi connectivity index (χ1n) is 12.1. The Morgan fingerprint density at radius 2 is 1.76 bits per heavy atom. The van der Waals surface area contributed by atoms with Crippen LogP contribution in [0.5, 0.6) is 11.5 Å². The van der Waals surface area contributed by atoms with Crippen LogP contribution in [0, 0.1) is 6.92 Å². The number of aryl methyl sites for hydroxylation is 1. The number of rotatable bonds is 10. The standard InChI is InChI=1S/C22H25NO3.C7H8N2O2/c1-16-6-8-17(9-7-16)20(24)11-10-18-14-19(23-12-4-5-13-23)22(26-3)15-21(18)25-2;10-6-11-5-9-7-3-1-2-4-8-7/h6-11,14-15H,4-5,12-13H2,1-3H3;1-4,6H,5H2,(H,8,9)/b11-10+;. The van der Waals surface area contributed by atoms with Gasteiger partial charge in [0.2, 0.25) is 0 Å². The summed E-state index contributed by atoms with van der Waals surface area (Å²) in [6, 6.07) is 17.0. The predicted octanol–water partition coefficient (Wildman–Crippen LogP) is 5.13. The van der Waals surface area contributed by atoms with E-state index >= 15 is 0 Å². The van der Waals surface area contributed by atoms with Crippen molar-refractivity contribution in [2.45, 2.75) is 19.8 Å². The molecule has 1 aliphatic heterocycles. The molecule has 1 aromatic heterocycles. The molecule has 8 heteroatoms. The number of anilines is 2. The van der Waals surface area contributed by atoms with Gasteiger partial charge >= 0.3 is 0 Å². The Labute approximate surface area is 217 Å². The summed E-state index contributed by atoms with van der Waals surface area (Å²) in [4.78, 5) is 28.4. The Morgan fingerprint density at radius 1 is 1.03 bits per heavy atom. The van der Waals surface area contributed by atoms with E-state index in [1.165, 1.54) is 12.8 Å². The van der Waals surface area contributed by atoms with E-state index in [1.54, 1.807) is 32.6 Å². The number of aromatic nitrogens is 1. The van der Waals surface area contributed by atoms with Gasteiger partial charge in [-0.2, -0.15) is 0 Å². The van der Waals surface area contributed by atoms with Gasteiger partial charge in [0.15, 0.2) is 12.5 Å². The van der Waals surface area contributed by atoms with Crippen molar-refractivity contribution in [3.63, 3.8) is 0 Å². The van der Waals surface area contributed by atoms with Gasteiger partial charge in [-0.25, -0.2) is 4.98 Å². The van der Waals surface area contributed by atoms with Gasteiger partial charge in [0.05, 0.1) is 19.9 Å². The summed E-state index contributed by atoms with van der Waals surface area (Å²) in [6.07, 6.45) is 7.45. The third-order valence-electron chi connectivity index (χ3n) is 5.80. The second kappa shape index (κ2) is 14.3. The van der Waals surface area contributed by atoms with Crippen LogP contribution in [-0.2, 0) is 9.53 Å². The van der Waals surface area contributed by atoms with Gasteiger partial charge in [-0.3, -0.25) is 9.59 Å². The topological polar surface area (TPSA) is 90.0 Å². The van der Waals surface area contributed by atoms with Crippen molar-refractivity contribution in [1.29, 1.82) is 0 Å². The molecule has 0 unspecified atom stereocenters. The molecule has 37 heavy (non-hydrogen) atoms. The molecule has 194 valence electrons. The fraction of sp³-hybridized carbons (Fsp3) is 0.276. The molecule has 0 spiro atoms. The van der Waals surface area contributed by atoms with E-state index in [0.717, 1.165) is 35.7 Å². The maximum absolute atomic E-state index is 12.4. The maximum atomic E-state index is 12.4. The number of pyridine rings is 1. The molecule has 1 saturated heterocycles. The monoisotopic (exact) mass is 503 g/mol. The Hall–Kier alpha value is -4.33. The van der Waals surface area contributed by atoms with Crippen LogP contribution in [0.25, 0.3) is 6.08 Å². The number of allylic oxidation sites excluding steroid dienone is 1. The van der Waals surface area contributed by atoms with Crippen LogP contribution in [0.15, 0.2) is 66.9 Å². The van der Waals surface area contributed by atoms with E-state index in [9.17, 15) is 9.59 Å². The molecule has 0 aliphatic carbocycles. The van der Waals surface area contributed by atoms with Crippen LogP contribution in [0.4, 0.5) is 11.5 Å². The Morgan fingerprint density at radius 3 is 2.38 bits per heavy atom. The number of nitrogens with one attached hydrogen (secondary N) is 1. The first kappa shape index (κ1) is 27.3. The van der Waals surface area contributed by atoms with Crippen molar-refractivity contribution in [2.24, 2.45) is 0 Å². The van der Waals surface area contributed by atoms with E-state index in [-0.39, 0.29) is 12.5 Å². The second-order valence-electron chi connectivity index (χ2n) is 8.32. The van der Waals surface area contributed by atoms with Crippen LogP contribution in [-0.4, -0.2) is 51.3 Å². The van der Waals surface area contributed by atoms with E-state index < -0.39 is 0 Å². The highest BCUT2D eigenvalue weighted by molar-refractivity contribution is 6.07. The number of hydrogen-bond donors (Lipinski definition) is 1. The Balaban J connectivity index is 0.000000289. The fourth-order valence-electron chi connectivity index (χ4n) is 3.84. The van der Waals surface area contributed by atoms with E-state index in [2.05, 4.69) is 19.9 Å². The number of carbonyl (C=O) groups is 2. The van der Waals surface area contributed by atoms with Crippen molar-refractivity contribution in [3.05, 3.63) is 83.6 Å². The van der Waals surface area contributed by atoms with Gasteiger partial charge in [0.25, 0.3) is 6.47 Å². The lowest BCUT2D eigenvalue weighted by Gasteiger charge is -2.22. The smallest absolute Gasteiger partial charge is 0.294 e. The number of ether oxygens (including phenoxy) is 3. The summed E-state index contributed by atoms with van der Waals surface area (Å²) >= 11 is 0. The molecule has 0 radical (unpaired) electrons. The number of benzene rings is 2. The highest BCUT2D eigenvalue weighted by atomic mass is 16.5. The van der Waals surface area contributed by atoms with Crippen LogP contribution in [0.3, 0.4) is 0 Å². The number of nitrogens with zero attached hydrogens (tertiary/aromatic N) is 2. The molecule has 2 heterocycles. The summed E-state index contributed by atoms with van der Waals surface area (Å²) in [5.41, 5.74) is 3.74. The van der Waals surface area contributed by atoms with E-state index in [0.29, 0.717) is 23.6 Å². The predicted molar refractivity (Wildman–Crippen MR) is 145 cm³/mol. The highest BCUT2D eigenvalue weighted by Gasteiger charge is 2.19. The minimum atomic E-state index is -0.0226. The number of methoxy groups -OCH3 is 2. The van der Waals surface area contributed by atoms with Crippen molar-refractivity contribution in [3.8, 4) is 11.5 Å². The quantitative estimate of drug-likeness (QED) is 0.134. The second-order valence-corrected chi connectivity index (χ2v) is 8.32. The third-order valence-corrected chi connectivity index (χ3v) is 5.80. The summed E-state index contributed by atoms with van der Waals surface area (Å²) in [5, 5.41) is 2.78. The van der Waals surface area contributed by atoms with Gasteiger partial charge < -0.3 is 24.4 Å². The molecule has 8 nitrogen and oxygen atoms in total. The van der Waals surface area contributed by atoms with E-state index in [1.807, 2.05) is 61.5 Å². The summed E-state index contributed by atoms with van der Waals surface area (Å²) in [7, 11) is 3.30. The zero-order chi connectivity index (χ0) is 26.5. The lowest BCUT2D eigenvalue weighted by molar-refractivity contribution is -0.128. The molecular formula is C29H33N3O5. The average Bonchev–Trinajstić information content (AvgIpc) is 3.48. The molecule has 1 N–H and O–H groups in total. The minimum Gasteiger partial charge on any atom is -0.496 e. The number of ketones is 1. The first-order valence-corrected chi connectivity index (χ1v) is 12.1. The molecule has 1 aliphatic rings. The van der Waals surface area contributed by atoms with Crippen LogP contribution in [0.1, 0.15) is 34.3 Å². The zero-order valence-corrected chi connectivity index (χ0v) is 21.5. The van der Waals surface area contributed by atoms with Gasteiger partial charge in [-0.1, -0.05) is 35.9 Å². The Bertz CT molecular complexity index is 1170. The first-order chi connectivity index (χ1) is 18.0. The Kier molecular flexibility index (Phi) is 10.5. The summed E-state index contributed by atoms with van der Waals surface area (Å²) < 4.78 is 15.5. The molecule has 4 rings (SSSR count). The molecule has 0 atom stereocenters. The summed E-state index contributed by atoms with van der Waals surface area (Å²) in [6.45, 7) is 4.59. The normalized spacial score (nSPS) is 12.5. The summed E-state index contributed by atoms with van der Waals surface area (Å²) in [5.74, 6) is 2.16. The molecule has 3 aromatic rings. The lowest BCUT2D eigenvalue weighted by atomic mass is 10.1. The van der Waals surface area contributed by atoms with Crippen LogP contribution in [0.2, 0.25) is 0 Å². The van der Waals surface area contributed by atoms with E-state index in [4.69, 9.17) is 9.47 Å². The van der Waals surface area contributed by atoms with Crippen molar-refractivity contribution >= 4 is 29.8 Å². The molecule has 1 fully saturated rings. The van der Waals surface area contributed by atoms with Gasteiger partial charge in [0.1, 0.15) is 17.3 Å². The fourth-order valence-corrected chi connectivity index (χ4v) is 3.84. The minimum absolute atomic E-state index is 0.0226. The van der Waals surface area contributed by atoms with Gasteiger partial charge in [-0.05, 0) is 50.1 Å². The largest absolute Gasteiger partial charge is 0.496 e. The molecule has 0 bridgehead atoms. The van der Waals surface area contributed by atoms with Gasteiger partial charge in [0, 0.05) is 36.5 Å². The van der Waals surface area contributed by atoms with Crippen molar-refractivity contribution in [1.82, 2.24) is 4.98 Å². The molecule has 0 amide bonds. The third kappa shape index (κ3) is 8.10. The SMILES string of the molecule is COc1cc(OC)c(N2CCCC2)cc1/C=C/C(=O)c1ccc(C)cc1.O=COCNc1ccccn1. The number of hydrogen-bond acceptors (Lipinski definition) is 8. The lowest BCUT2D eigenvalue weighted by Crippen LogP contribution is -2.18. The van der Waals surface area contributed by atoms with Crippen molar-refractivity contribution < 1.29 is 23.8 Å². The van der Waals surface area contributed by atoms with Crippen LogP contribution >= 0.6 is 0 Å². The highest BCUT2D eigenvalue weighted by Crippen LogP contribution is 2.37. The molecular weight excluding hydrogens is 470 g/mol. The average molecular weight is 504 g/mol.